The smallest absolute Gasteiger partial charge is 0.120 e. The number of nitrogens with zero attached hydrogens (tertiary/aromatic N) is 1. The van der Waals surface area contributed by atoms with Gasteiger partial charge in [-0.25, -0.2) is 0 Å². The van der Waals surface area contributed by atoms with Crippen LogP contribution in [0.25, 0.3) is 0 Å². The van der Waals surface area contributed by atoms with Crippen LogP contribution in [-0.4, -0.2) is 18.1 Å². The van der Waals surface area contributed by atoms with E-state index in [0.29, 0.717) is 5.56 Å². The molecule has 19 heavy (non-hydrogen) atoms. The minimum absolute atomic E-state index is 0.660. The highest BCUT2D eigenvalue weighted by Crippen LogP contribution is 2.27. The van der Waals surface area contributed by atoms with Crippen molar-refractivity contribution in [3.63, 3.8) is 0 Å². The van der Waals surface area contributed by atoms with Crippen molar-refractivity contribution in [3.8, 4) is 11.8 Å². The van der Waals surface area contributed by atoms with Crippen LogP contribution in [0.5, 0.6) is 5.75 Å². The molecule has 0 aromatic heterocycles. The Hall–Kier alpha value is -1.14. The van der Waals surface area contributed by atoms with E-state index in [2.05, 4.69) is 17.8 Å². The second-order valence-electron chi connectivity index (χ2n) is 5.07. The topological polar surface area (TPSA) is 33.0 Å². The van der Waals surface area contributed by atoms with Crippen LogP contribution in [-0.2, 0) is 0 Å². The highest BCUT2D eigenvalue weighted by Gasteiger charge is 2.14. The molecule has 0 bridgehead atoms. The van der Waals surface area contributed by atoms with E-state index in [1.165, 1.54) is 37.2 Å². The molecule has 0 N–H and O–H groups in total. The Kier molecular flexibility index (Phi) is 6.10. The van der Waals surface area contributed by atoms with Gasteiger partial charge in [0.05, 0.1) is 18.2 Å². The largest absolute Gasteiger partial charge is 0.494 e. The summed E-state index contributed by atoms with van der Waals surface area (Å²) in [6.45, 7) is 0.743. The Balaban J connectivity index is 1.55. The highest BCUT2D eigenvalue weighted by molar-refractivity contribution is 7.99. The van der Waals surface area contributed by atoms with Crippen molar-refractivity contribution in [1.29, 1.82) is 5.26 Å². The monoisotopic (exact) mass is 275 g/mol. The van der Waals surface area contributed by atoms with Gasteiger partial charge in [0.2, 0.25) is 0 Å². The molecule has 0 unspecified atom stereocenters. The molecule has 1 aromatic rings. The van der Waals surface area contributed by atoms with E-state index < -0.39 is 0 Å². The van der Waals surface area contributed by atoms with Crippen LogP contribution in [0.4, 0.5) is 0 Å². The molecule has 1 aromatic carbocycles. The van der Waals surface area contributed by atoms with Crippen LogP contribution in [0.2, 0.25) is 0 Å². The summed E-state index contributed by atoms with van der Waals surface area (Å²) in [6.07, 6.45) is 6.82. The molecule has 0 amide bonds. The van der Waals surface area contributed by atoms with E-state index in [-0.39, 0.29) is 0 Å². The summed E-state index contributed by atoms with van der Waals surface area (Å²) in [6, 6.07) is 9.49. The second-order valence-corrected chi connectivity index (χ2v) is 6.22. The number of rotatable bonds is 7. The average molecular weight is 275 g/mol. The molecule has 1 saturated carbocycles. The summed E-state index contributed by atoms with van der Waals surface area (Å²) >= 11 is 2.06. The number of hydrogen-bond donors (Lipinski definition) is 0. The molecule has 0 aliphatic heterocycles. The van der Waals surface area contributed by atoms with E-state index in [1.807, 2.05) is 12.1 Å². The summed E-state index contributed by atoms with van der Waals surface area (Å²) in [7, 11) is 0. The van der Waals surface area contributed by atoms with Crippen LogP contribution in [0.1, 0.15) is 37.7 Å². The van der Waals surface area contributed by atoms with Crippen LogP contribution in [0, 0.1) is 17.2 Å². The summed E-state index contributed by atoms with van der Waals surface area (Å²) in [5.41, 5.74) is 0.660. The zero-order valence-electron chi connectivity index (χ0n) is 11.3. The maximum absolute atomic E-state index is 8.80. The van der Waals surface area contributed by atoms with Crippen molar-refractivity contribution in [2.24, 2.45) is 5.92 Å². The second kappa shape index (κ2) is 8.12. The third kappa shape index (κ3) is 5.16. The van der Waals surface area contributed by atoms with E-state index in [9.17, 15) is 0 Å². The van der Waals surface area contributed by atoms with Crippen molar-refractivity contribution in [2.75, 3.05) is 18.1 Å². The van der Waals surface area contributed by atoms with E-state index in [0.717, 1.165) is 24.7 Å². The highest BCUT2D eigenvalue weighted by atomic mass is 32.2. The maximum atomic E-state index is 8.80. The Bertz CT molecular complexity index is 421. The Labute approximate surface area is 120 Å². The molecule has 0 heterocycles. The molecule has 0 saturated heterocycles. The normalized spacial score (nSPS) is 15.3. The number of thioether (sulfide) groups is 1. The molecule has 1 aliphatic rings. The third-order valence-electron chi connectivity index (χ3n) is 3.49. The van der Waals surface area contributed by atoms with E-state index in [4.69, 9.17) is 10.00 Å². The van der Waals surface area contributed by atoms with Gasteiger partial charge in [-0.1, -0.05) is 18.9 Å². The zero-order valence-corrected chi connectivity index (χ0v) is 12.1. The van der Waals surface area contributed by atoms with Gasteiger partial charge in [0.25, 0.3) is 0 Å². The van der Waals surface area contributed by atoms with Crippen molar-refractivity contribution < 1.29 is 4.74 Å². The van der Waals surface area contributed by atoms with Gasteiger partial charge in [-0.05, 0) is 54.9 Å². The van der Waals surface area contributed by atoms with Crippen molar-refractivity contribution in [1.82, 2.24) is 0 Å². The molecular formula is C16H21NOS. The fourth-order valence-corrected chi connectivity index (χ4v) is 3.59. The van der Waals surface area contributed by atoms with E-state index in [1.54, 1.807) is 12.1 Å². The molecule has 0 radical (unpaired) electrons. The fourth-order valence-electron chi connectivity index (χ4n) is 2.43. The summed E-state index contributed by atoms with van der Waals surface area (Å²) in [4.78, 5) is 0. The summed E-state index contributed by atoms with van der Waals surface area (Å²) in [5.74, 6) is 4.27. The third-order valence-corrected chi connectivity index (χ3v) is 4.78. The summed E-state index contributed by atoms with van der Waals surface area (Å²) in [5, 5.41) is 8.80. The SMILES string of the molecule is N#Cc1cccc(OCCCSCC2CCCC2)c1. The van der Waals surface area contributed by atoms with Crippen LogP contribution < -0.4 is 4.74 Å². The number of nitriles is 1. The van der Waals surface area contributed by atoms with Crippen molar-refractivity contribution >= 4 is 11.8 Å². The molecule has 2 nitrogen and oxygen atoms in total. The van der Waals surface area contributed by atoms with Gasteiger partial charge >= 0.3 is 0 Å². The predicted molar refractivity (Wildman–Crippen MR) is 80.6 cm³/mol. The molecule has 0 atom stereocenters. The van der Waals surface area contributed by atoms with Gasteiger partial charge in [-0.2, -0.15) is 17.0 Å². The lowest BCUT2D eigenvalue weighted by Gasteiger charge is -2.09. The molecule has 1 fully saturated rings. The minimum atomic E-state index is 0.660. The first kappa shape index (κ1) is 14.3. The number of benzene rings is 1. The lowest BCUT2D eigenvalue weighted by Crippen LogP contribution is -2.01. The standard InChI is InChI=1S/C16H21NOS/c17-12-15-7-3-8-16(11-15)18-9-4-10-19-13-14-5-1-2-6-14/h3,7-8,11,14H,1-2,4-6,9-10,13H2. The Morgan fingerprint density at radius 2 is 2.16 bits per heavy atom. The van der Waals surface area contributed by atoms with Crippen LogP contribution in [0.15, 0.2) is 24.3 Å². The van der Waals surface area contributed by atoms with Crippen LogP contribution in [0.3, 0.4) is 0 Å². The lowest BCUT2D eigenvalue weighted by atomic mass is 10.1. The molecule has 1 aliphatic carbocycles. The van der Waals surface area contributed by atoms with Gasteiger partial charge in [0.1, 0.15) is 5.75 Å². The Morgan fingerprint density at radius 1 is 1.32 bits per heavy atom. The first-order valence-electron chi connectivity index (χ1n) is 7.09. The number of ether oxygens (including phenoxy) is 1. The van der Waals surface area contributed by atoms with Crippen LogP contribution >= 0.6 is 11.8 Å². The molecule has 2 rings (SSSR count). The van der Waals surface area contributed by atoms with Gasteiger partial charge in [-0.15, -0.1) is 0 Å². The Morgan fingerprint density at radius 3 is 2.95 bits per heavy atom. The van der Waals surface area contributed by atoms with Gasteiger partial charge in [0.15, 0.2) is 0 Å². The molecule has 3 heteroatoms. The average Bonchev–Trinajstić information content (AvgIpc) is 2.96. The lowest BCUT2D eigenvalue weighted by molar-refractivity contribution is 0.318. The molecule has 0 spiro atoms. The zero-order chi connectivity index (χ0) is 13.3. The van der Waals surface area contributed by atoms with Crippen molar-refractivity contribution in [2.45, 2.75) is 32.1 Å². The first-order valence-corrected chi connectivity index (χ1v) is 8.24. The summed E-state index contributed by atoms with van der Waals surface area (Å²) < 4.78 is 5.66. The van der Waals surface area contributed by atoms with Crippen molar-refractivity contribution in [3.05, 3.63) is 29.8 Å². The molecule has 102 valence electrons. The fraction of sp³-hybridized carbons (Fsp3) is 0.562. The van der Waals surface area contributed by atoms with E-state index >= 15 is 0 Å². The predicted octanol–water partition coefficient (Wildman–Crippen LogP) is 4.25. The van der Waals surface area contributed by atoms with Gasteiger partial charge in [0, 0.05) is 0 Å². The molecular weight excluding hydrogens is 254 g/mol. The maximum Gasteiger partial charge on any atom is 0.120 e. The minimum Gasteiger partial charge on any atom is -0.494 e. The van der Waals surface area contributed by atoms with Gasteiger partial charge in [-0.3, -0.25) is 0 Å². The quantitative estimate of drug-likeness (QED) is 0.697. The first-order chi connectivity index (χ1) is 9.38. The van der Waals surface area contributed by atoms with Gasteiger partial charge < -0.3 is 4.74 Å². The number of hydrogen-bond acceptors (Lipinski definition) is 3.